The van der Waals surface area contributed by atoms with Crippen molar-refractivity contribution in [2.45, 2.75) is 347 Å². The van der Waals surface area contributed by atoms with Crippen LogP contribution in [0.25, 0.3) is 0 Å². The molecule has 0 saturated carbocycles. The van der Waals surface area contributed by atoms with Gasteiger partial charge in [-0.3, -0.25) is 9.59 Å². The van der Waals surface area contributed by atoms with Crippen LogP contribution in [0, 0.1) is 0 Å². The van der Waals surface area contributed by atoms with Gasteiger partial charge in [0.1, 0.15) is 0 Å². The highest BCUT2D eigenvalue weighted by Gasteiger charge is 2.20. The Kier molecular flexibility index (Phi) is 56.5. The highest BCUT2D eigenvalue weighted by Crippen LogP contribution is 2.18. The summed E-state index contributed by atoms with van der Waals surface area (Å²) in [7, 11) is 0. The van der Waals surface area contributed by atoms with E-state index in [0.29, 0.717) is 25.9 Å². The van der Waals surface area contributed by atoms with E-state index >= 15 is 0 Å². The number of hydrogen-bond donors (Lipinski definition) is 3. The Morgan fingerprint density at radius 1 is 0.412 bits per heavy atom. The Morgan fingerprint density at radius 2 is 0.750 bits per heavy atom. The average Bonchev–Trinajstić information content (AvgIpc) is 3.34. The largest absolute Gasteiger partial charge is 0.466 e. The number of rotatable bonds is 57. The zero-order chi connectivity index (χ0) is 49.3. The van der Waals surface area contributed by atoms with Crippen molar-refractivity contribution < 1.29 is 24.5 Å². The van der Waals surface area contributed by atoms with Crippen LogP contribution in [0.2, 0.25) is 0 Å². The maximum absolute atomic E-state index is 12.5. The molecular weight excluding hydrogens is 839 g/mol. The minimum absolute atomic E-state index is 0.00859. The molecular formula is C62H119NO5. The van der Waals surface area contributed by atoms with Gasteiger partial charge in [0.15, 0.2) is 0 Å². The number of hydrogen-bond acceptors (Lipinski definition) is 5. The van der Waals surface area contributed by atoms with Crippen molar-refractivity contribution in [3.8, 4) is 0 Å². The first-order valence-electron chi connectivity index (χ1n) is 30.6. The predicted octanol–water partition coefficient (Wildman–Crippen LogP) is 19.0. The van der Waals surface area contributed by atoms with Crippen LogP contribution in [-0.4, -0.2) is 47.4 Å². The number of esters is 1. The third-order valence-corrected chi connectivity index (χ3v) is 14.3. The highest BCUT2D eigenvalue weighted by molar-refractivity contribution is 5.76. The molecule has 0 fully saturated rings. The molecule has 1 amide bonds. The summed E-state index contributed by atoms with van der Waals surface area (Å²) in [5.41, 5.74) is 0. The van der Waals surface area contributed by atoms with Crippen molar-refractivity contribution >= 4 is 11.9 Å². The van der Waals surface area contributed by atoms with Crippen molar-refractivity contribution in [1.29, 1.82) is 0 Å². The lowest BCUT2D eigenvalue weighted by atomic mass is 10.0. The molecule has 0 spiro atoms. The first-order chi connectivity index (χ1) is 33.5. The molecule has 0 saturated heterocycles. The maximum atomic E-state index is 12.5. The number of ether oxygens (including phenoxy) is 1. The van der Waals surface area contributed by atoms with Crippen LogP contribution in [0.5, 0.6) is 0 Å². The molecule has 6 nitrogen and oxygen atoms in total. The van der Waals surface area contributed by atoms with Gasteiger partial charge in [0.2, 0.25) is 5.91 Å². The number of unbranched alkanes of at least 4 members (excludes halogenated alkanes) is 42. The summed E-state index contributed by atoms with van der Waals surface area (Å²) in [5, 5.41) is 23.4. The molecule has 0 aromatic rings. The standard InChI is InChI=1S/C62H119NO5/c1-3-5-7-9-11-13-15-17-19-20-21-22-24-27-30-34-38-42-46-50-54-60(65)59(58-64)63-61(66)55-51-47-43-39-35-31-28-25-23-26-29-33-37-41-45-49-53-57-68-62(67)56-52-48-44-40-36-32-18-16-14-12-10-8-6-4-2/h10,12,16,18,59-60,64-65H,3-9,11,13-15,17,19-58H2,1-2H3,(H,63,66)/b12-10-,18-16-. The molecule has 0 radical (unpaired) electrons. The van der Waals surface area contributed by atoms with Gasteiger partial charge in [-0.05, 0) is 51.4 Å². The molecule has 0 aromatic heterocycles. The quantitative estimate of drug-likeness (QED) is 0.0321. The fourth-order valence-electron chi connectivity index (χ4n) is 9.54. The minimum Gasteiger partial charge on any atom is -0.466 e. The van der Waals surface area contributed by atoms with E-state index in [9.17, 15) is 19.8 Å². The topological polar surface area (TPSA) is 95.9 Å². The van der Waals surface area contributed by atoms with Crippen LogP contribution < -0.4 is 5.32 Å². The summed E-state index contributed by atoms with van der Waals surface area (Å²) in [6.07, 6.45) is 70.3. The number of carbonyl (C=O) groups is 2. The molecule has 2 unspecified atom stereocenters. The summed E-state index contributed by atoms with van der Waals surface area (Å²) < 4.78 is 5.47. The SMILES string of the molecule is CCCC/C=C\C/C=C\CCCCCCCC(=O)OCCCCCCCCCCCCCCCCCCCC(=O)NC(CO)C(O)CCCCCCCCCCCCCCCCCCCCCC. The maximum Gasteiger partial charge on any atom is 0.305 e. The Balaban J connectivity index is 3.42. The van der Waals surface area contributed by atoms with Gasteiger partial charge in [-0.2, -0.15) is 0 Å². The monoisotopic (exact) mass is 958 g/mol. The molecule has 0 heterocycles. The molecule has 2 atom stereocenters. The normalized spacial score (nSPS) is 12.7. The van der Waals surface area contributed by atoms with Gasteiger partial charge in [-0.15, -0.1) is 0 Å². The molecule has 0 aliphatic carbocycles. The molecule has 3 N–H and O–H groups in total. The lowest BCUT2D eigenvalue weighted by Gasteiger charge is -2.22. The van der Waals surface area contributed by atoms with E-state index in [2.05, 4.69) is 43.5 Å². The summed E-state index contributed by atoms with van der Waals surface area (Å²) in [5.74, 6) is -0.0462. The lowest BCUT2D eigenvalue weighted by molar-refractivity contribution is -0.143. The van der Waals surface area contributed by atoms with Crippen LogP contribution in [-0.2, 0) is 14.3 Å². The fourth-order valence-corrected chi connectivity index (χ4v) is 9.54. The van der Waals surface area contributed by atoms with Crippen LogP contribution in [0.3, 0.4) is 0 Å². The predicted molar refractivity (Wildman–Crippen MR) is 296 cm³/mol. The smallest absolute Gasteiger partial charge is 0.305 e. The number of aliphatic hydroxyl groups excluding tert-OH is 2. The van der Waals surface area contributed by atoms with Crippen LogP contribution in [0.1, 0.15) is 335 Å². The van der Waals surface area contributed by atoms with E-state index in [0.717, 1.165) is 51.4 Å². The second kappa shape index (κ2) is 57.9. The molecule has 0 rings (SSSR count). The van der Waals surface area contributed by atoms with Gasteiger partial charge in [0, 0.05) is 12.8 Å². The Morgan fingerprint density at radius 3 is 1.16 bits per heavy atom. The zero-order valence-corrected chi connectivity index (χ0v) is 45.9. The van der Waals surface area contributed by atoms with Crippen molar-refractivity contribution in [3.63, 3.8) is 0 Å². The van der Waals surface area contributed by atoms with E-state index in [4.69, 9.17) is 4.74 Å². The van der Waals surface area contributed by atoms with Gasteiger partial charge < -0.3 is 20.3 Å². The molecule has 402 valence electrons. The third-order valence-electron chi connectivity index (χ3n) is 14.3. The minimum atomic E-state index is -0.669. The first kappa shape index (κ1) is 66.3. The third kappa shape index (κ3) is 53.7. The summed E-state index contributed by atoms with van der Waals surface area (Å²) in [6.45, 7) is 4.92. The molecule has 6 heteroatoms. The van der Waals surface area contributed by atoms with Gasteiger partial charge in [-0.1, -0.05) is 295 Å². The molecule has 68 heavy (non-hydrogen) atoms. The van der Waals surface area contributed by atoms with E-state index in [1.165, 1.54) is 250 Å². The Bertz CT molecular complexity index is 1060. The lowest BCUT2D eigenvalue weighted by Crippen LogP contribution is -2.45. The Hall–Kier alpha value is -1.66. The average molecular weight is 959 g/mol. The van der Waals surface area contributed by atoms with Gasteiger partial charge in [0.25, 0.3) is 0 Å². The number of carbonyl (C=O) groups excluding carboxylic acids is 2. The number of aliphatic hydroxyl groups is 2. The Labute approximate surface area is 424 Å². The van der Waals surface area contributed by atoms with E-state index in [-0.39, 0.29) is 18.5 Å². The molecule has 0 aromatic carbocycles. The van der Waals surface area contributed by atoms with E-state index in [1.807, 2.05) is 0 Å². The van der Waals surface area contributed by atoms with E-state index < -0.39 is 12.1 Å². The summed E-state index contributed by atoms with van der Waals surface area (Å²) in [6, 6.07) is -0.547. The van der Waals surface area contributed by atoms with Gasteiger partial charge >= 0.3 is 5.97 Å². The van der Waals surface area contributed by atoms with Crippen LogP contribution in [0.15, 0.2) is 24.3 Å². The van der Waals surface area contributed by atoms with Gasteiger partial charge in [0.05, 0.1) is 25.4 Å². The number of nitrogens with one attached hydrogen (secondary N) is 1. The number of allylic oxidation sites excluding steroid dienone is 4. The second-order valence-corrected chi connectivity index (χ2v) is 21.0. The van der Waals surface area contributed by atoms with Crippen molar-refractivity contribution in [2.24, 2.45) is 0 Å². The second-order valence-electron chi connectivity index (χ2n) is 21.0. The van der Waals surface area contributed by atoms with Crippen LogP contribution in [0.4, 0.5) is 0 Å². The summed E-state index contributed by atoms with van der Waals surface area (Å²) >= 11 is 0. The highest BCUT2D eigenvalue weighted by atomic mass is 16.5. The van der Waals surface area contributed by atoms with Crippen molar-refractivity contribution in [3.05, 3.63) is 24.3 Å². The fraction of sp³-hybridized carbons (Fsp3) is 0.903. The molecule has 0 aliphatic rings. The molecule has 0 aliphatic heterocycles. The van der Waals surface area contributed by atoms with Crippen LogP contribution >= 0.6 is 0 Å². The van der Waals surface area contributed by atoms with Crippen molar-refractivity contribution in [2.75, 3.05) is 13.2 Å². The zero-order valence-electron chi connectivity index (χ0n) is 45.9. The van der Waals surface area contributed by atoms with Gasteiger partial charge in [-0.25, -0.2) is 0 Å². The van der Waals surface area contributed by atoms with E-state index in [1.54, 1.807) is 0 Å². The molecule has 0 bridgehead atoms. The summed E-state index contributed by atoms with van der Waals surface area (Å²) in [4.78, 5) is 24.6. The number of amides is 1. The van der Waals surface area contributed by atoms with Crippen molar-refractivity contribution in [1.82, 2.24) is 5.32 Å². The first-order valence-corrected chi connectivity index (χ1v) is 30.6.